The summed E-state index contributed by atoms with van der Waals surface area (Å²) in [4.78, 5) is 11.2. The van der Waals surface area contributed by atoms with Crippen molar-refractivity contribution in [2.75, 3.05) is 6.67 Å². The minimum Gasteiger partial charge on any atom is -0.465 e. The van der Waals surface area contributed by atoms with E-state index in [1.165, 1.54) is 0 Å². The third-order valence-electron chi connectivity index (χ3n) is 2.95. The van der Waals surface area contributed by atoms with Gasteiger partial charge in [0.05, 0.1) is 18.5 Å². The number of primary amides is 1. The third kappa shape index (κ3) is 6.36. The number of alkyl halides is 1. The van der Waals surface area contributed by atoms with Crippen molar-refractivity contribution in [1.82, 2.24) is 0 Å². The first-order chi connectivity index (χ1) is 9.75. The second-order valence-electron chi connectivity index (χ2n) is 4.60. The van der Waals surface area contributed by atoms with Crippen LogP contribution in [0.3, 0.4) is 0 Å². The predicted octanol–water partition coefficient (Wildman–Crippen LogP) is 3.99. The molecule has 0 fully saturated rings. The van der Waals surface area contributed by atoms with Gasteiger partial charge in [-0.15, -0.1) is 0 Å². The van der Waals surface area contributed by atoms with Gasteiger partial charge >= 0.3 is 0 Å². The van der Waals surface area contributed by atoms with Crippen molar-refractivity contribution < 1.29 is 13.9 Å². The number of allylic oxidation sites excluding steroid dienone is 1. The van der Waals surface area contributed by atoms with Crippen LogP contribution in [0.2, 0.25) is 0 Å². The molecule has 0 atom stereocenters. The summed E-state index contributed by atoms with van der Waals surface area (Å²) in [5, 5.41) is 0. The van der Waals surface area contributed by atoms with Crippen molar-refractivity contribution >= 4 is 5.91 Å². The van der Waals surface area contributed by atoms with Crippen molar-refractivity contribution in [2.45, 2.75) is 38.5 Å². The summed E-state index contributed by atoms with van der Waals surface area (Å²) in [6, 6.07) is 6.88. The molecule has 0 aliphatic rings. The molecular weight excluding hydrogens is 257 g/mol. The molecule has 0 heterocycles. The maximum absolute atomic E-state index is 11.9. The normalized spacial score (nSPS) is 10.8. The van der Waals surface area contributed by atoms with Crippen molar-refractivity contribution in [3.63, 3.8) is 0 Å². The highest BCUT2D eigenvalue weighted by atomic mass is 19.1. The van der Waals surface area contributed by atoms with E-state index in [-0.39, 0.29) is 6.67 Å². The lowest BCUT2D eigenvalue weighted by atomic mass is 10.1. The smallest absolute Gasteiger partial charge is 0.252 e. The lowest BCUT2D eigenvalue weighted by molar-refractivity contribution is 0.0998. The Kier molecular flexibility index (Phi) is 8.11. The quantitative estimate of drug-likeness (QED) is 0.520. The summed E-state index contributed by atoms with van der Waals surface area (Å²) >= 11 is 0. The molecule has 0 saturated heterocycles. The Bertz CT molecular complexity index is 432. The molecule has 0 aromatic heterocycles. The van der Waals surface area contributed by atoms with Crippen LogP contribution in [0.25, 0.3) is 0 Å². The second-order valence-corrected chi connectivity index (χ2v) is 4.60. The van der Waals surface area contributed by atoms with Crippen LogP contribution in [0, 0.1) is 0 Å². The molecule has 20 heavy (non-hydrogen) atoms. The number of para-hydroxylation sites is 1. The van der Waals surface area contributed by atoms with E-state index < -0.39 is 5.91 Å². The standard InChI is InChI=1S/C16H22FNO2/c17-12-8-4-2-1-3-5-9-13-20-15-11-7-6-10-14(15)16(18)19/h6-7,9-11,13H,1-5,8,12H2,(H2,18,19). The van der Waals surface area contributed by atoms with Crippen LogP contribution in [-0.4, -0.2) is 12.6 Å². The number of unbranched alkanes of at least 4 members (excludes halogenated alkanes) is 5. The number of ether oxygens (including phenoxy) is 1. The molecule has 0 aliphatic heterocycles. The predicted molar refractivity (Wildman–Crippen MR) is 78.4 cm³/mol. The van der Waals surface area contributed by atoms with Crippen LogP contribution in [0.4, 0.5) is 4.39 Å². The van der Waals surface area contributed by atoms with Gasteiger partial charge in [0.2, 0.25) is 0 Å². The van der Waals surface area contributed by atoms with Crippen LogP contribution in [0.15, 0.2) is 36.6 Å². The zero-order chi connectivity index (χ0) is 14.6. The van der Waals surface area contributed by atoms with Crippen LogP contribution >= 0.6 is 0 Å². The van der Waals surface area contributed by atoms with E-state index in [2.05, 4.69) is 0 Å². The fraction of sp³-hybridized carbons (Fsp3) is 0.438. The van der Waals surface area contributed by atoms with Gasteiger partial charge in [-0.05, 0) is 37.5 Å². The highest BCUT2D eigenvalue weighted by Gasteiger charge is 2.06. The average molecular weight is 279 g/mol. The Balaban J connectivity index is 2.23. The fourth-order valence-corrected chi connectivity index (χ4v) is 1.85. The Morgan fingerprint density at radius 3 is 2.60 bits per heavy atom. The van der Waals surface area contributed by atoms with Crippen molar-refractivity contribution in [3.05, 3.63) is 42.2 Å². The molecule has 1 aromatic carbocycles. The van der Waals surface area contributed by atoms with Crippen LogP contribution in [0.1, 0.15) is 48.9 Å². The Morgan fingerprint density at radius 2 is 1.85 bits per heavy atom. The summed E-state index contributed by atoms with van der Waals surface area (Å²) in [6.07, 6.45) is 9.28. The topological polar surface area (TPSA) is 52.3 Å². The van der Waals surface area contributed by atoms with E-state index in [0.29, 0.717) is 17.7 Å². The van der Waals surface area contributed by atoms with E-state index in [0.717, 1.165) is 32.1 Å². The highest BCUT2D eigenvalue weighted by molar-refractivity contribution is 5.95. The maximum Gasteiger partial charge on any atom is 0.252 e. The molecule has 0 radical (unpaired) electrons. The van der Waals surface area contributed by atoms with Crippen LogP contribution in [0.5, 0.6) is 5.75 Å². The molecule has 110 valence electrons. The Labute approximate surface area is 119 Å². The van der Waals surface area contributed by atoms with Gasteiger partial charge in [-0.2, -0.15) is 0 Å². The number of hydrogen-bond donors (Lipinski definition) is 1. The first-order valence-corrected chi connectivity index (χ1v) is 7.02. The molecule has 1 amide bonds. The third-order valence-corrected chi connectivity index (χ3v) is 2.95. The number of carbonyl (C=O) groups is 1. The summed E-state index contributed by atoms with van der Waals surface area (Å²) in [5.41, 5.74) is 5.63. The molecule has 4 heteroatoms. The summed E-state index contributed by atoms with van der Waals surface area (Å²) in [5.74, 6) is -0.0268. The zero-order valence-corrected chi connectivity index (χ0v) is 11.7. The monoisotopic (exact) mass is 279 g/mol. The van der Waals surface area contributed by atoms with Gasteiger partial charge in [0.15, 0.2) is 0 Å². The van der Waals surface area contributed by atoms with Gasteiger partial charge in [0, 0.05) is 0 Å². The number of rotatable bonds is 10. The van der Waals surface area contributed by atoms with E-state index in [1.54, 1.807) is 30.5 Å². The van der Waals surface area contributed by atoms with Crippen molar-refractivity contribution in [3.8, 4) is 5.75 Å². The minimum atomic E-state index is -0.498. The van der Waals surface area contributed by atoms with Gasteiger partial charge in [0.1, 0.15) is 5.75 Å². The van der Waals surface area contributed by atoms with E-state index in [1.807, 2.05) is 6.08 Å². The number of benzene rings is 1. The van der Waals surface area contributed by atoms with Crippen molar-refractivity contribution in [1.29, 1.82) is 0 Å². The molecule has 0 unspecified atom stereocenters. The molecule has 2 N–H and O–H groups in total. The number of nitrogens with two attached hydrogens (primary N) is 1. The number of halogens is 1. The molecule has 3 nitrogen and oxygen atoms in total. The Hall–Kier alpha value is -1.84. The summed E-state index contributed by atoms with van der Waals surface area (Å²) in [6.45, 7) is -0.215. The highest BCUT2D eigenvalue weighted by Crippen LogP contribution is 2.17. The molecule has 1 rings (SSSR count). The number of amides is 1. The molecular formula is C16H22FNO2. The lowest BCUT2D eigenvalue weighted by Gasteiger charge is -2.04. The van der Waals surface area contributed by atoms with E-state index >= 15 is 0 Å². The molecule has 1 aromatic rings. The van der Waals surface area contributed by atoms with Crippen LogP contribution < -0.4 is 10.5 Å². The average Bonchev–Trinajstić information content (AvgIpc) is 2.46. The fourth-order valence-electron chi connectivity index (χ4n) is 1.85. The number of carbonyl (C=O) groups excluding carboxylic acids is 1. The summed E-state index contributed by atoms with van der Waals surface area (Å²) in [7, 11) is 0. The lowest BCUT2D eigenvalue weighted by Crippen LogP contribution is -2.11. The van der Waals surface area contributed by atoms with Gasteiger partial charge in [-0.3, -0.25) is 9.18 Å². The largest absolute Gasteiger partial charge is 0.465 e. The molecule has 0 spiro atoms. The Morgan fingerprint density at radius 1 is 1.15 bits per heavy atom. The van der Waals surface area contributed by atoms with Crippen LogP contribution in [-0.2, 0) is 0 Å². The van der Waals surface area contributed by atoms with E-state index in [4.69, 9.17) is 10.5 Å². The van der Waals surface area contributed by atoms with Gasteiger partial charge in [-0.25, -0.2) is 0 Å². The SMILES string of the molecule is NC(=O)c1ccccc1OC=CCCCCCCCF. The van der Waals surface area contributed by atoms with E-state index in [9.17, 15) is 9.18 Å². The molecule has 0 bridgehead atoms. The first kappa shape index (κ1) is 16.2. The maximum atomic E-state index is 11.9. The van der Waals surface area contributed by atoms with Gasteiger partial charge < -0.3 is 10.5 Å². The zero-order valence-electron chi connectivity index (χ0n) is 11.7. The van der Waals surface area contributed by atoms with Gasteiger partial charge in [0.25, 0.3) is 5.91 Å². The minimum absolute atomic E-state index is 0.215. The molecule has 0 aliphatic carbocycles. The summed E-state index contributed by atoms with van der Waals surface area (Å²) < 4.78 is 17.3. The molecule has 0 saturated carbocycles. The van der Waals surface area contributed by atoms with Gasteiger partial charge in [-0.1, -0.05) is 31.4 Å². The van der Waals surface area contributed by atoms with Crippen molar-refractivity contribution in [2.24, 2.45) is 5.73 Å². The number of hydrogen-bond acceptors (Lipinski definition) is 2. The second kappa shape index (κ2) is 10.0. The first-order valence-electron chi connectivity index (χ1n) is 7.02.